The standard InChI is InChI=1S/C27H34N6O3S/c1-19-7-6-8-23-25-20(17-24(34)32(2)26(19)23)18-28-27(31-25)30-21-9-11-22(12-10-21)37(35,36)29-13-16-33-14-4-3-5-15-33/h6,8-12,18-19,29H,3-5,7,13-17H2,1-2H3,(H,28,30,31). The molecule has 1 aromatic carbocycles. The first-order valence-corrected chi connectivity index (χ1v) is 14.4. The van der Waals surface area contributed by atoms with Gasteiger partial charge in [-0.1, -0.05) is 25.5 Å². The van der Waals surface area contributed by atoms with E-state index in [4.69, 9.17) is 4.98 Å². The summed E-state index contributed by atoms with van der Waals surface area (Å²) in [5.41, 5.74) is 4.16. The molecule has 1 aliphatic carbocycles. The van der Waals surface area contributed by atoms with E-state index in [1.807, 2.05) is 13.1 Å². The van der Waals surface area contributed by atoms with Crippen LogP contribution in [0, 0.1) is 5.92 Å². The molecule has 37 heavy (non-hydrogen) atoms. The van der Waals surface area contributed by atoms with Crippen molar-refractivity contribution in [1.82, 2.24) is 24.5 Å². The first-order valence-electron chi connectivity index (χ1n) is 12.9. The van der Waals surface area contributed by atoms with Gasteiger partial charge < -0.3 is 15.1 Å². The van der Waals surface area contributed by atoms with Gasteiger partial charge in [-0.2, -0.15) is 0 Å². The van der Waals surface area contributed by atoms with Crippen LogP contribution in [0.2, 0.25) is 0 Å². The van der Waals surface area contributed by atoms with Crippen LogP contribution in [0.15, 0.2) is 53.2 Å². The lowest BCUT2D eigenvalue weighted by Crippen LogP contribution is -2.37. The van der Waals surface area contributed by atoms with Gasteiger partial charge in [0.2, 0.25) is 21.9 Å². The van der Waals surface area contributed by atoms with Crippen LogP contribution in [-0.2, 0) is 21.2 Å². The van der Waals surface area contributed by atoms with Gasteiger partial charge in [-0.15, -0.1) is 0 Å². The zero-order valence-corrected chi connectivity index (χ0v) is 22.2. The van der Waals surface area contributed by atoms with Gasteiger partial charge >= 0.3 is 0 Å². The van der Waals surface area contributed by atoms with Crippen molar-refractivity contribution in [2.45, 2.75) is 43.9 Å². The van der Waals surface area contributed by atoms with E-state index in [1.165, 1.54) is 19.3 Å². The summed E-state index contributed by atoms with van der Waals surface area (Å²) in [4.78, 5) is 26.2. The minimum Gasteiger partial charge on any atom is -0.324 e. The molecule has 3 aliphatic rings. The number of allylic oxidation sites excluding steroid dienone is 4. The molecule has 0 spiro atoms. The summed E-state index contributed by atoms with van der Waals surface area (Å²) in [6.45, 7) is 5.31. The largest absolute Gasteiger partial charge is 0.324 e. The number of aromatic nitrogens is 2. The lowest BCUT2D eigenvalue weighted by Gasteiger charge is -2.28. The number of benzene rings is 1. The number of carbonyl (C=O) groups excluding carboxylic acids is 1. The zero-order chi connectivity index (χ0) is 26.0. The number of anilines is 2. The van der Waals surface area contributed by atoms with Gasteiger partial charge in [-0.3, -0.25) is 4.79 Å². The van der Waals surface area contributed by atoms with Crippen molar-refractivity contribution in [2.24, 2.45) is 5.92 Å². The highest BCUT2D eigenvalue weighted by molar-refractivity contribution is 7.89. The van der Waals surface area contributed by atoms with Gasteiger partial charge in [0.25, 0.3) is 0 Å². The molecule has 0 radical (unpaired) electrons. The molecular weight excluding hydrogens is 488 g/mol. The fourth-order valence-electron chi connectivity index (χ4n) is 5.26. The van der Waals surface area contributed by atoms with Crippen LogP contribution >= 0.6 is 0 Å². The van der Waals surface area contributed by atoms with E-state index in [1.54, 1.807) is 35.4 Å². The topological polar surface area (TPSA) is 108 Å². The molecule has 2 aromatic rings. The highest BCUT2D eigenvalue weighted by Gasteiger charge is 2.30. The van der Waals surface area contributed by atoms with E-state index in [0.29, 0.717) is 18.2 Å². The first-order chi connectivity index (χ1) is 17.8. The molecule has 1 saturated heterocycles. The Bertz CT molecular complexity index is 1330. The number of likely N-dealkylation sites (tertiary alicyclic amines) is 1. The molecule has 3 heterocycles. The predicted molar refractivity (Wildman–Crippen MR) is 144 cm³/mol. The Labute approximate surface area is 218 Å². The number of rotatable bonds is 7. The maximum absolute atomic E-state index is 12.8. The SMILES string of the molecule is CC1CC=CC2=C1N(C)C(=O)Cc1cnc(Nc3ccc(S(=O)(=O)NCCN4CCCCC4)cc3)nc12. The summed E-state index contributed by atoms with van der Waals surface area (Å²) in [6, 6.07) is 6.57. The molecule has 1 atom stereocenters. The van der Waals surface area contributed by atoms with Crippen LogP contribution < -0.4 is 10.0 Å². The van der Waals surface area contributed by atoms with E-state index in [9.17, 15) is 13.2 Å². The second-order valence-corrected chi connectivity index (χ2v) is 11.8. The van der Waals surface area contributed by atoms with Crippen molar-refractivity contribution >= 4 is 33.1 Å². The fraction of sp³-hybridized carbons (Fsp3) is 0.444. The number of hydrogen-bond donors (Lipinski definition) is 2. The number of hydrogen-bond acceptors (Lipinski definition) is 7. The molecule has 2 N–H and O–H groups in total. The monoisotopic (exact) mass is 522 g/mol. The second-order valence-electron chi connectivity index (χ2n) is 9.98. The van der Waals surface area contributed by atoms with E-state index in [2.05, 4.69) is 32.9 Å². The van der Waals surface area contributed by atoms with Crippen LogP contribution in [0.5, 0.6) is 0 Å². The summed E-state index contributed by atoms with van der Waals surface area (Å²) >= 11 is 0. The van der Waals surface area contributed by atoms with Crippen molar-refractivity contribution < 1.29 is 13.2 Å². The number of nitrogens with zero attached hydrogens (tertiary/aromatic N) is 4. The Kier molecular flexibility index (Phi) is 7.41. The van der Waals surface area contributed by atoms with Crippen molar-refractivity contribution in [3.63, 3.8) is 0 Å². The number of nitrogens with one attached hydrogen (secondary N) is 2. The summed E-state index contributed by atoms with van der Waals surface area (Å²) in [5.74, 6) is 0.637. The molecule has 9 nitrogen and oxygen atoms in total. The minimum atomic E-state index is -3.58. The Morgan fingerprint density at radius 2 is 1.86 bits per heavy atom. The normalized spacial score (nSPS) is 20.4. The number of piperidine rings is 1. The van der Waals surface area contributed by atoms with Crippen molar-refractivity contribution in [3.05, 3.63) is 59.6 Å². The number of amides is 1. The molecule has 1 unspecified atom stereocenters. The van der Waals surface area contributed by atoms with Crippen molar-refractivity contribution in [2.75, 3.05) is 38.5 Å². The molecule has 5 rings (SSSR count). The Balaban J connectivity index is 1.30. The van der Waals surface area contributed by atoms with Gasteiger partial charge in [0.15, 0.2) is 0 Å². The van der Waals surface area contributed by atoms with Gasteiger partial charge in [0.05, 0.1) is 17.0 Å². The van der Waals surface area contributed by atoms with Crippen LogP contribution in [0.3, 0.4) is 0 Å². The third kappa shape index (κ3) is 5.61. The average Bonchev–Trinajstić information content (AvgIpc) is 3.00. The lowest BCUT2D eigenvalue weighted by molar-refractivity contribution is -0.127. The maximum Gasteiger partial charge on any atom is 0.240 e. The highest BCUT2D eigenvalue weighted by atomic mass is 32.2. The summed E-state index contributed by atoms with van der Waals surface area (Å²) < 4.78 is 28.2. The average molecular weight is 523 g/mol. The lowest BCUT2D eigenvalue weighted by atomic mass is 9.91. The number of sulfonamides is 1. The zero-order valence-electron chi connectivity index (χ0n) is 21.4. The summed E-state index contributed by atoms with van der Waals surface area (Å²) in [7, 11) is -1.76. The van der Waals surface area contributed by atoms with Gasteiger partial charge in [0.1, 0.15) is 0 Å². The Morgan fingerprint density at radius 3 is 2.62 bits per heavy atom. The highest BCUT2D eigenvalue weighted by Crippen LogP contribution is 2.36. The van der Waals surface area contributed by atoms with Gasteiger partial charge in [-0.05, 0) is 56.6 Å². The van der Waals surface area contributed by atoms with Crippen LogP contribution in [-0.4, -0.2) is 67.3 Å². The Morgan fingerprint density at radius 1 is 1.11 bits per heavy atom. The molecule has 1 aromatic heterocycles. The molecule has 1 fully saturated rings. The number of likely N-dealkylation sites (N-methyl/N-ethyl adjacent to an activating group) is 1. The maximum atomic E-state index is 12.8. The first kappa shape index (κ1) is 25.6. The van der Waals surface area contributed by atoms with Gasteiger partial charge in [-0.25, -0.2) is 23.1 Å². The summed E-state index contributed by atoms with van der Waals surface area (Å²) in [5, 5.41) is 3.18. The second kappa shape index (κ2) is 10.7. The quantitative estimate of drug-likeness (QED) is 0.575. The molecule has 0 bridgehead atoms. The van der Waals surface area contributed by atoms with Crippen molar-refractivity contribution in [1.29, 1.82) is 0 Å². The molecule has 1 amide bonds. The van der Waals surface area contributed by atoms with Crippen LogP contribution in [0.4, 0.5) is 11.6 Å². The molecule has 2 aliphatic heterocycles. The fourth-order valence-corrected chi connectivity index (χ4v) is 6.28. The van der Waals surface area contributed by atoms with Crippen LogP contribution in [0.25, 0.3) is 5.57 Å². The third-order valence-corrected chi connectivity index (χ3v) is 8.78. The van der Waals surface area contributed by atoms with Crippen molar-refractivity contribution in [3.8, 4) is 0 Å². The van der Waals surface area contributed by atoms with E-state index >= 15 is 0 Å². The van der Waals surface area contributed by atoms with E-state index in [-0.39, 0.29) is 23.1 Å². The number of fused-ring (bicyclic) bond motifs is 2. The third-order valence-electron chi connectivity index (χ3n) is 7.30. The van der Waals surface area contributed by atoms with Crippen LogP contribution in [0.1, 0.15) is 43.9 Å². The van der Waals surface area contributed by atoms with Gasteiger partial charge in [0, 0.05) is 54.8 Å². The Hall–Kier alpha value is -3.08. The van der Waals surface area contributed by atoms with E-state index in [0.717, 1.165) is 48.6 Å². The molecule has 0 saturated carbocycles. The smallest absolute Gasteiger partial charge is 0.240 e. The molecule has 196 valence electrons. The predicted octanol–water partition coefficient (Wildman–Crippen LogP) is 3.31. The minimum absolute atomic E-state index is 0.0269. The summed E-state index contributed by atoms with van der Waals surface area (Å²) in [6.07, 6.45) is 10.6. The molecular formula is C27H34N6O3S. The molecule has 10 heteroatoms. The van der Waals surface area contributed by atoms with E-state index < -0.39 is 10.0 Å². The number of carbonyl (C=O) groups is 1.